The van der Waals surface area contributed by atoms with Gasteiger partial charge in [0, 0.05) is 55.2 Å². The van der Waals surface area contributed by atoms with Crippen molar-refractivity contribution in [2.24, 2.45) is 0 Å². The third-order valence-corrected chi connectivity index (χ3v) is 5.98. The van der Waals surface area contributed by atoms with Crippen LogP contribution in [0.1, 0.15) is 39.7 Å². The number of hydrogen-bond donors (Lipinski definition) is 3. The standard InChI is InChI=1S/C28H32F2N8O/c1-17-7-8-22(34-27(39)20-10-19(15-37(5)6)11-21(12-20)28(3,29)30)13-23(17)35-26-9-18(2)36-38(26)25-14-24(31-4)32-16-33-25/h7-14,16,35H,15H2,1-6H3,(H,34,39)(H,31,32,33). The molecular formula is C28H32F2N8O. The van der Waals surface area contributed by atoms with Crippen molar-refractivity contribution in [2.45, 2.75) is 33.2 Å². The first-order chi connectivity index (χ1) is 18.4. The maximum atomic E-state index is 14.2. The summed E-state index contributed by atoms with van der Waals surface area (Å²) in [5.41, 5.74) is 3.55. The van der Waals surface area contributed by atoms with Gasteiger partial charge >= 0.3 is 0 Å². The van der Waals surface area contributed by atoms with Crippen molar-refractivity contribution in [3.8, 4) is 5.82 Å². The van der Waals surface area contributed by atoms with Gasteiger partial charge in [-0.2, -0.15) is 9.78 Å². The van der Waals surface area contributed by atoms with Crippen LogP contribution in [0.5, 0.6) is 0 Å². The van der Waals surface area contributed by atoms with Gasteiger partial charge in [-0.25, -0.2) is 18.7 Å². The molecule has 2 heterocycles. The third-order valence-electron chi connectivity index (χ3n) is 5.98. The van der Waals surface area contributed by atoms with E-state index in [1.807, 2.05) is 45.0 Å². The number of aryl methyl sites for hydroxylation is 2. The van der Waals surface area contributed by atoms with E-state index in [4.69, 9.17) is 0 Å². The highest BCUT2D eigenvalue weighted by Crippen LogP contribution is 2.30. The highest BCUT2D eigenvalue weighted by molar-refractivity contribution is 6.04. The van der Waals surface area contributed by atoms with Gasteiger partial charge in [0.2, 0.25) is 0 Å². The average molecular weight is 535 g/mol. The first-order valence-electron chi connectivity index (χ1n) is 12.4. The molecule has 4 aromatic rings. The zero-order valence-corrected chi connectivity index (χ0v) is 22.8. The van der Waals surface area contributed by atoms with Crippen LogP contribution in [0.2, 0.25) is 0 Å². The van der Waals surface area contributed by atoms with Crippen LogP contribution in [0.3, 0.4) is 0 Å². The third kappa shape index (κ3) is 6.74. The Balaban J connectivity index is 1.61. The lowest BCUT2D eigenvalue weighted by Gasteiger charge is -2.17. The van der Waals surface area contributed by atoms with Crippen LogP contribution in [0.4, 0.5) is 31.8 Å². The largest absolute Gasteiger partial charge is 0.373 e. The predicted octanol–water partition coefficient (Wildman–Crippen LogP) is 5.49. The molecule has 1 amide bonds. The molecule has 0 saturated carbocycles. The summed E-state index contributed by atoms with van der Waals surface area (Å²) in [6.07, 6.45) is 1.46. The lowest BCUT2D eigenvalue weighted by Crippen LogP contribution is -2.17. The minimum atomic E-state index is -3.07. The van der Waals surface area contributed by atoms with Crippen molar-refractivity contribution >= 4 is 28.9 Å². The summed E-state index contributed by atoms with van der Waals surface area (Å²) in [5, 5.41) is 13.8. The van der Waals surface area contributed by atoms with Gasteiger partial charge in [-0.3, -0.25) is 4.79 Å². The first kappa shape index (κ1) is 27.6. The molecule has 0 bridgehead atoms. The molecular weight excluding hydrogens is 502 g/mol. The number of benzene rings is 2. The normalized spacial score (nSPS) is 11.5. The van der Waals surface area contributed by atoms with Gasteiger partial charge < -0.3 is 20.9 Å². The molecule has 2 aromatic heterocycles. The zero-order valence-electron chi connectivity index (χ0n) is 22.8. The summed E-state index contributed by atoms with van der Waals surface area (Å²) in [6.45, 7) is 5.07. The minimum Gasteiger partial charge on any atom is -0.373 e. The van der Waals surface area contributed by atoms with Gasteiger partial charge in [-0.15, -0.1) is 0 Å². The topological polar surface area (TPSA) is 100 Å². The van der Waals surface area contributed by atoms with Gasteiger partial charge in [0.15, 0.2) is 5.82 Å². The van der Waals surface area contributed by atoms with E-state index in [0.29, 0.717) is 35.2 Å². The van der Waals surface area contributed by atoms with E-state index < -0.39 is 11.8 Å². The molecule has 204 valence electrons. The van der Waals surface area contributed by atoms with Crippen molar-refractivity contribution < 1.29 is 13.6 Å². The summed E-state index contributed by atoms with van der Waals surface area (Å²) in [7, 11) is 5.46. The molecule has 0 unspecified atom stereocenters. The highest BCUT2D eigenvalue weighted by Gasteiger charge is 2.26. The molecule has 3 N–H and O–H groups in total. The molecule has 0 aliphatic rings. The van der Waals surface area contributed by atoms with Gasteiger partial charge in [0.25, 0.3) is 11.8 Å². The molecule has 2 aromatic carbocycles. The van der Waals surface area contributed by atoms with Crippen LogP contribution in [-0.4, -0.2) is 51.7 Å². The number of amides is 1. The number of carbonyl (C=O) groups excluding carboxylic acids is 1. The average Bonchev–Trinajstić information content (AvgIpc) is 3.24. The van der Waals surface area contributed by atoms with Crippen LogP contribution < -0.4 is 16.0 Å². The van der Waals surface area contributed by atoms with E-state index in [2.05, 4.69) is 31.0 Å². The summed E-state index contributed by atoms with van der Waals surface area (Å²) < 4.78 is 30.0. The Labute approximate surface area is 226 Å². The van der Waals surface area contributed by atoms with E-state index >= 15 is 0 Å². The number of hydrogen-bond acceptors (Lipinski definition) is 7. The maximum Gasteiger partial charge on any atom is 0.270 e. The molecule has 9 nitrogen and oxygen atoms in total. The van der Waals surface area contributed by atoms with Crippen LogP contribution in [0, 0.1) is 13.8 Å². The summed E-state index contributed by atoms with van der Waals surface area (Å²) in [4.78, 5) is 23.5. The van der Waals surface area contributed by atoms with E-state index in [0.717, 1.165) is 23.9 Å². The van der Waals surface area contributed by atoms with Crippen molar-refractivity contribution in [2.75, 3.05) is 37.1 Å². The molecule has 0 atom stereocenters. The van der Waals surface area contributed by atoms with Gasteiger partial charge in [-0.1, -0.05) is 6.07 Å². The molecule has 4 rings (SSSR count). The SMILES string of the molecule is CNc1cc(-n2nc(C)cc2Nc2cc(NC(=O)c3cc(CN(C)C)cc(C(C)(F)F)c3)ccc2C)ncn1. The second kappa shape index (κ2) is 11.2. The smallest absolute Gasteiger partial charge is 0.270 e. The first-order valence-corrected chi connectivity index (χ1v) is 12.4. The number of alkyl halides is 2. The Morgan fingerprint density at radius 1 is 1.05 bits per heavy atom. The molecule has 0 aliphatic carbocycles. The Kier molecular flexibility index (Phi) is 7.91. The second-order valence-corrected chi connectivity index (χ2v) is 9.75. The highest BCUT2D eigenvalue weighted by atomic mass is 19.3. The number of nitrogens with one attached hydrogen (secondary N) is 3. The fraction of sp³-hybridized carbons (Fsp3) is 0.286. The second-order valence-electron chi connectivity index (χ2n) is 9.75. The number of nitrogens with zero attached hydrogens (tertiary/aromatic N) is 5. The summed E-state index contributed by atoms with van der Waals surface area (Å²) >= 11 is 0. The molecule has 39 heavy (non-hydrogen) atoms. The Hall–Kier alpha value is -4.38. The number of aromatic nitrogens is 4. The molecule has 0 aliphatic heterocycles. The molecule has 0 radical (unpaired) electrons. The van der Waals surface area contributed by atoms with Crippen molar-refractivity contribution in [1.29, 1.82) is 0 Å². The van der Waals surface area contributed by atoms with Crippen LogP contribution in [0.25, 0.3) is 5.82 Å². The van der Waals surface area contributed by atoms with Crippen LogP contribution in [0.15, 0.2) is 54.9 Å². The van der Waals surface area contributed by atoms with Gasteiger partial charge in [0.05, 0.1) is 5.69 Å². The van der Waals surface area contributed by atoms with E-state index in [1.54, 1.807) is 36.0 Å². The molecule has 0 saturated heterocycles. The predicted molar refractivity (Wildman–Crippen MR) is 149 cm³/mol. The Morgan fingerprint density at radius 3 is 2.51 bits per heavy atom. The minimum absolute atomic E-state index is 0.166. The van der Waals surface area contributed by atoms with E-state index in [9.17, 15) is 13.6 Å². The quantitative estimate of drug-likeness (QED) is 0.261. The Morgan fingerprint density at radius 2 is 1.82 bits per heavy atom. The number of anilines is 4. The summed E-state index contributed by atoms with van der Waals surface area (Å²) in [5.74, 6) is -1.65. The van der Waals surface area contributed by atoms with Crippen molar-refractivity contribution in [3.05, 3.63) is 82.8 Å². The van der Waals surface area contributed by atoms with E-state index in [-0.39, 0.29) is 11.1 Å². The van der Waals surface area contributed by atoms with Crippen LogP contribution in [-0.2, 0) is 12.5 Å². The van der Waals surface area contributed by atoms with E-state index in [1.165, 1.54) is 18.5 Å². The van der Waals surface area contributed by atoms with Gasteiger partial charge in [-0.05, 0) is 69.4 Å². The summed E-state index contributed by atoms with van der Waals surface area (Å²) in [6, 6.07) is 13.4. The zero-order chi connectivity index (χ0) is 28.3. The maximum absolute atomic E-state index is 14.2. The fourth-order valence-corrected chi connectivity index (χ4v) is 4.07. The number of carbonyl (C=O) groups is 1. The van der Waals surface area contributed by atoms with Crippen LogP contribution >= 0.6 is 0 Å². The number of rotatable bonds is 9. The van der Waals surface area contributed by atoms with Gasteiger partial charge in [0.1, 0.15) is 18.0 Å². The van der Waals surface area contributed by atoms with Crippen molar-refractivity contribution in [3.63, 3.8) is 0 Å². The lowest BCUT2D eigenvalue weighted by molar-refractivity contribution is 0.0173. The van der Waals surface area contributed by atoms with Crippen molar-refractivity contribution in [1.82, 2.24) is 24.6 Å². The molecule has 11 heteroatoms. The number of halogens is 2. The monoisotopic (exact) mass is 534 g/mol. The lowest BCUT2D eigenvalue weighted by atomic mass is 10.0. The molecule has 0 spiro atoms. The molecule has 0 fully saturated rings. The fourth-order valence-electron chi connectivity index (χ4n) is 4.07. The Bertz CT molecular complexity index is 1490.